The summed E-state index contributed by atoms with van der Waals surface area (Å²) in [5.41, 5.74) is 0.885. The lowest BCUT2D eigenvalue weighted by molar-refractivity contribution is -0.144. The van der Waals surface area contributed by atoms with Gasteiger partial charge in [-0.25, -0.2) is 0 Å². The number of aryl methyl sites for hydroxylation is 1. The van der Waals surface area contributed by atoms with E-state index in [1.807, 2.05) is 17.9 Å². The second-order valence-electron chi connectivity index (χ2n) is 8.11. The molecule has 2 aliphatic rings. The van der Waals surface area contributed by atoms with Gasteiger partial charge in [0.25, 0.3) is 16.1 Å². The molecular weight excluding hydrogens is 414 g/mol. The molecule has 2 heterocycles. The summed E-state index contributed by atoms with van der Waals surface area (Å²) < 4.78 is 33.7. The average molecular weight is 444 g/mol. The Kier molecular flexibility index (Phi) is 6.77. The van der Waals surface area contributed by atoms with Crippen LogP contribution in [0.15, 0.2) is 18.2 Å². The van der Waals surface area contributed by atoms with Gasteiger partial charge in [-0.1, -0.05) is 11.6 Å². The molecule has 0 aromatic heterocycles. The lowest BCUT2D eigenvalue weighted by Crippen LogP contribution is -2.59. The van der Waals surface area contributed by atoms with Crippen LogP contribution in [0.25, 0.3) is 0 Å². The van der Waals surface area contributed by atoms with Crippen molar-refractivity contribution in [3.05, 3.63) is 28.8 Å². The fourth-order valence-electron chi connectivity index (χ4n) is 4.30. The SMILES string of the molecule is Cc1cc(Cl)ccc1O[C@H](C)C(=O)N1CCC[C@@H]2CN(S(=O)(=O)N(C)C)CC[C@@H]21. The fourth-order valence-corrected chi connectivity index (χ4v) is 5.71. The van der Waals surface area contributed by atoms with E-state index in [4.69, 9.17) is 16.3 Å². The number of benzene rings is 1. The summed E-state index contributed by atoms with van der Waals surface area (Å²) in [6.45, 7) is 5.24. The number of halogens is 1. The van der Waals surface area contributed by atoms with E-state index in [0.717, 1.165) is 18.4 Å². The maximum atomic E-state index is 13.2. The lowest BCUT2D eigenvalue weighted by atomic mass is 9.84. The van der Waals surface area contributed by atoms with Crippen LogP contribution >= 0.6 is 11.6 Å². The number of hydrogen-bond donors (Lipinski definition) is 0. The number of amides is 1. The average Bonchev–Trinajstić information content (AvgIpc) is 2.68. The topological polar surface area (TPSA) is 70.2 Å². The van der Waals surface area contributed by atoms with Crippen LogP contribution in [0.5, 0.6) is 5.75 Å². The monoisotopic (exact) mass is 443 g/mol. The zero-order valence-electron chi connectivity index (χ0n) is 17.5. The van der Waals surface area contributed by atoms with E-state index in [0.29, 0.717) is 36.8 Å². The fraction of sp³-hybridized carbons (Fsp3) is 0.650. The van der Waals surface area contributed by atoms with E-state index >= 15 is 0 Å². The van der Waals surface area contributed by atoms with Gasteiger partial charge in [0.2, 0.25) is 0 Å². The van der Waals surface area contributed by atoms with Crippen molar-refractivity contribution in [1.29, 1.82) is 0 Å². The highest BCUT2D eigenvalue weighted by Crippen LogP contribution is 2.33. The number of rotatable bonds is 5. The smallest absolute Gasteiger partial charge is 0.281 e. The van der Waals surface area contributed by atoms with Crippen LogP contribution < -0.4 is 4.74 Å². The summed E-state index contributed by atoms with van der Waals surface area (Å²) in [6.07, 6.45) is 1.84. The number of hydrogen-bond acceptors (Lipinski definition) is 4. The predicted molar refractivity (Wildman–Crippen MR) is 113 cm³/mol. The number of piperidine rings is 2. The van der Waals surface area contributed by atoms with Crippen LogP contribution in [0, 0.1) is 12.8 Å². The van der Waals surface area contributed by atoms with Crippen molar-refractivity contribution in [2.45, 2.75) is 45.3 Å². The summed E-state index contributed by atoms with van der Waals surface area (Å²) in [7, 11) is -0.323. The maximum absolute atomic E-state index is 13.2. The highest BCUT2D eigenvalue weighted by atomic mass is 35.5. The van der Waals surface area contributed by atoms with Gasteiger partial charge in [0.1, 0.15) is 5.75 Å². The van der Waals surface area contributed by atoms with Crippen LogP contribution in [0.4, 0.5) is 0 Å². The van der Waals surface area contributed by atoms with E-state index in [1.54, 1.807) is 37.5 Å². The largest absolute Gasteiger partial charge is 0.481 e. The Morgan fingerprint density at radius 2 is 2.00 bits per heavy atom. The third-order valence-electron chi connectivity index (χ3n) is 5.89. The summed E-state index contributed by atoms with van der Waals surface area (Å²) in [5.74, 6) is 0.759. The van der Waals surface area contributed by atoms with Crippen LogP contribution in [0.1, 0.15) is 31.7 Å². The van der Waals surface area contributed by atoms with E-state index in [9.17, 15) is 13.2 Å². The van der Waals surface area contributed by atoms with Crippen molar-refractivity contribution < 1.29 is 17.9 Å². The van der Waals surface area contributed by atoms with Crippen molar-refractivity contribution in [2.75, 3.05) is 33.7 Å². The van der Waals surface area contributed by atoms with Gasteiger partial charge in [-0.3, -0.25) is 4.79 Å². The second kappa shape index (κ2) is 8.79. The van der Waals surface area contributed by atoms with Gasteiger partial charge < -0.3 is 9.64 Å². The normalized spacial score (nSPS) is 24.3. The summed E-state index contributed by atoms with van der Waals surface area (Å²) in [6, 6.07) is 5.40. The molecule has 0 unspecified atom stereocenters. The van der Waals surface area contributed by atoms with E-state index < -0.39 is 16.3 Å². The van der Waals surface area contributed by atoms with Crippen LogP contribution in [0.2, 0.25) is 5.02 Å². The molecule has 3 rings (SSSR count). The van der Waals surface area contributed by atoms with Crippen molar-refractivity contribution >= 4 is 27.7 Å². The zero-order valence-corrected chi connectivity index (χ0v) is 19.0. The van der Waals surface area contributed by atoms with Crippen molar-refractivity contribution in [3.63, 3.8) is 0 Å². The molecule has 1 amide bonds. The van der Waals surface area contributed by atoms with Gasteiger partial charge >= 0.3 is 0 Å². The zero-order chi connectivity index (χ0) is 21.3. The highest BCUT2D eigenvalue weighted by molar-refractivity contribution is 7.86. The Morgan fingerprint density at radius 1 is 1.28 bits per heavy atom. The molecular formula is C20H30ClN3O4S. The molecule has 2 aliphatic heterocycles. The Labute approximate surface area is 178 Å². The van der Waals surface area contributed by atoms with Gasteiger partial charge in [-0.05, 0) is 62.8 Å². The molecule has 0 N–H and O–H groups in total. The quantitative estimate of drug-likeness (QED) is 0.701. The molecule has 0 aliphatic carbocycles. The number of ether oxygens (including phenoxy) is 1. The first-order valence-electron chi connectivity index (χ1n) is 10.0. The third kappa shape index (κ3) is 4.71. The number of likely N-dealkylation sites (tertiary alicyclic amines) is 1. The Hall–Kier alpha value is -1.35. The molecule has 162 valence electrons. The summed E-state index contributed by atoms with van der Waals surface area (Å²) in [4.78, 5) is 15.1. The number of nitrogens with zero attached hydrogens (tertiary/aromatic N) is 3. The molecule has 3 atom stereocenters. The standard InChI is InChI=1S/C20H30ClN3O4S/c1-14-12-17(21)7-8-19(14)28-15(2)20(25)24-10-5-6-16-13-23(11-9-18(16)24)29(26,27)22(3)4/h7-8,12,15-16,18H,5-6,9-11,13H2,1-4H3/t15-,16-,18+/m1/s1. The molecule has 1 aromatic rings. The van der Waals surface area contributed by atoms with Crippen molar-refractivity contribution in [1.82, 2.24) is 13.5 Å². The van der Waals surface area contributed by atoms with Gasteiger partial charge in [0, 0.05) is 44.8 Å². The maximum Gasteiger partial charge on any atom is 0.281 e. The number of fused-ring (bicyclic) bond motifs is 1. The first kappa shape index (κ1) is 22.3. The lowest BCUT2D eigenvalue weighted by Gasteiger charge is -2.47. The highest BCUT2D eigenvalue weighted by Gasteiger charge is 2.42. The second-order valence-corrected chi connectivity index (χ2v) is 10.7. The minimum Gasteiger partial charge on any atom is -0.481 e. The van der Waals surface area contributed by atoms with Crippen LogP contribution in [-0.2, 0) is 15.0 Å². The van der Waals surface area contributed by atoms with E-state index in [-0.39, 0.29) is 17.9 Å². The van der Waals surface area contributed by atoms with Crippen LogP contribution in [0.3, 0.4) is 0 Å². The molecule has 0 spiro atoms. The van der Waals surface area contributed by atoms with Crippen LogP contribution in [-0.4, -0.2) is 73.7 Å². The molecule has 2 fully saturated rings. The number of carbonyl (C=O) groups is 1. The first-order chi connectivity index (χ1) is 13.6. The summed E-state index contributed by atoms with van der Waals surface area (Å²) in [5, 5.41) is 0.632. The van der Waals surface area contributed by atoms with Gasteiger partial charge in [-0.15, -0.1) is 0 Å². The van der Waals surface area contributed by atoms with Crippen molar-refractivity contribution in [2.24, 2.45) is 5.92 Å². The number of carbonyl (C=O) groups excluding carboxylic acids is 1. The third-order valence-corrected chi connectivity index (χ3v) is 8.03. The summed E-state index contributed by atoms with van der Waals surface area (Å²) >= 11 is 6.00. The minimum atomic E-state index is -3.43. The Morgan fingerprint density at radius 3 is 2.66 bits per heavy atom. The molecule has 1 aromatic carbocycles. The molecule has 0 radical (unpaired) electrons. The van der Waals surface area contributed by atoms with Gasteiger partial charge in [0.05, 0.1) is 0 Å². The molecule has 9 heteroatoms. The molecule has 29 heavy (non-hydrogen) atoms. The molecule has 2 saturated heterocycles. The Bertz CT molecular complexity index is 861. The Balaban J connectivity index is 1.69. The van der Waals surface area contributed by atoms with Crippen molar-refractivity contribution in [3.8, 4) is 5.75 Å². The minimum absolute atomic E-state index is 0.0435. The molecule has 7 nitrogen and oxygen atoms in total. The van der Waals surface area contributed by atoms with E-state index in [2.05, 4.69) is 0 Å². The predicted octanol–water partition coefficient (Wildman–Crippen LogP) is 2.54. The van der Waals surface area contributed by atoms with E-state index in [1.165, 1.54) is 4.31 Å². The molecule has 0 bridgehead atoms. The van der Waals surface area contributed by atoms with Gasteiger partial charge in [0.15, 0.2) is 6.10 Å². The molecule has 0 saturated carbocycles. The van der Waals surface area contributed by atoms with Gasteiger partial charge in [-0.2, -0.15) is 17.0 Å². The first-order valence-corrected chi connectivity index (χ1v) is 11.8.